The summed E-state index contributed by atoms with van der Waals surface area (Å²) in [6.45, 7) is 5.36. The van der Waals surface area contributed by atoms with Gasteiger partial charge in [-0.05, 0) is 38.0 Å². The highest BCUT2D eigenvalue weighted by Crippen LogP contribution is 2.47. The van der Waals surface area contributed by atoms with E-state index in [1.807, 2.05) is 0 Å². The van der Waals surface area contributed by atoms with Crippen LogP contribution in [0.15, 0.2) is 0 Å². The first kappa shape index (κ1) is 11.5. The minimum atomic E-state index is -0.699. The largest absolute Gasteiger partial charge is 0.481 e. The number of hydrogen-bond acceptors (Lipinski definition) is 2. The molecule has 3 heteroatoms. The third kappa shape index (κ3) is 3.66. The summed E-state index contributed by atoms with van der Waals surface area (Å²) in [5, 5.41) is 11.9. The Morgan fingerprint density at radius 3 is 2.64 bits per heavy atom. The topological polar surface area (TPSA) is 49.3 Å². The molecule has 2 N–H and O–H groups in total. The Bertz CT molecular complexity index is 199. The molecule has 0 spiro atoms. The Morgan fingerprint density at radius 2 is 2.21 bits per heavy atom. The predicted octanol–water partition coefficient (Wildman–Crippen LogP) is 2.02. The van der Waals surface area contributed by atoms with Crippen molar-refractivity contribution in [1.29, 1.82) is 0 Å². The van der Waals surface area contributed by atoms with E-state index >= 15 is 0 Å². The lowest BCUT2D eigenvalue weighted by Gasteiger charge is -2.18. The average molecular weight is 199 g/mol. The molecule has 0 amide bonds. The zero-order valence-electron chi connectivity index (χ0n) is 9.18. The van der Waals surface area contributed by atoms with Crippen LogP contribution in [0, 0.1) is 5.41 Å². The van der Waals surface area contributed by atoms with Crippen molar-refractivity contribution >= 4 is 5.97 Å². The van der Waals surface area contributed by atoms with Crippen molar-refractivity contribution in [3.05, 3.63) is 0 Å². The zero-order chi connectivity index (χ0) is 10.6. The lowest BCUT2D eigenvalue weighted by molar-refractivity contribution is -0.137. The summed E-state index contributed by atoms with van der Waals surface area (Å²) in [5.74, 6) is -0.699. The fourth-order valence-corrected chi connectivity index (χ4v) is 1.66. The summed E-state index contributed by atoms with van der Waals surface area (Å²) in [7, 11) is 0. The molecule has 1 unspecified atom stereocenters. The average Bonchev–Trinajstić information content (AvgIpc) is 2.92. The summed E-state index contributed by atoms with van der Waals surface area (Å²) in [6.07, 6.45) is 4.92. The Hall–Kier alpha value is -0.570. The lowest BCUT2D eigenvalue weighted by Crippen LogP contribution is -2.32. The van der Waals surface area contributed by atoms with Crippen molar-refractivity contribution in [3.63, 3.8) is 0 Å². The number of nitrogens with one attached hydrogen (secondary N) is 1. The number of aliphatic carboxylic acids is 1. The van der Waals surface area contributed by atoms with Crippen molar-refractivity contribution in [1.82, 2.24) is 5.32 Å². The summed E-state index contributed by atoms with van der Waals surface area (Å²) in [5.41, 5.74) is 0.553. The number of carbonyl (C=O) groups is 1. The van der Waals surface area contributed by atoms with E-state index in [1.165, 1.54) is 19.3 Å². The minimum Gasteiger partial charge on any atom is -0.481 e. The van der Waals surface area contributed by atoms with Gasteiger partial charge in [0.15, 0.2) is 0 Å². The number of carboxylic acid groups (broad SMARTS) is 1. The van der Waals surface area contributed by atoms with Crippen LogP contribution in [0.25, 0.3) is 0 Å². The Morgan fingerprint density at radius 1 is 1.57 bits per heavy atom. The summed E-state index contributed by atoms with van der Waals surface area (Å²) < 4.78 is 0. The van der Waals surface area contributed by atoms with Crippen LogP contribution in [-0.4, -0.2) is 23.7 Å². The van der Waals surface area contributed by atoms with Crippen molar-refractivity contribution < 1.29 is 9.90 Å². The van der Waals surface area contributed by atoms with Gasteiger partial charge >= 0.3 is 5.97 Å². The molecule has 14 heavy (non-hydrogen) atoms. The molecule has 0 aliphatic heterocycles. The second-order valence-corrected chi connectivity index (χ2v) is 4.57. The Kier molecular flexibility index (Phi) is 3.93. The minimum absolute atomic E-state index is 0.271. The number of carboxylic acids is 1. The smallest absolute Gasteiger partial charge is 0.303 e. The number of hydrogen-bond donors (Lipinski definition) is 2. The molecule has 0 aromatic rings. The fourth-order valence-electron chi connectivity index (χ4n) is 1.66. The summed E-state index contributed by atoms with van der Waals surface area (Å²) >= 11 is 0. The summed E-state index contributed by atoms with van der Waals surface area (Å²) in [6, 6.07) is 0.329. The van der Waals surface area contributed by atoms with Crippen LogP contribution in [0.5, 0.6) is 0 Å². The molecule has 0 bridgehead atoms. The van der Waals surface area contributed by atoms with E-state index in [-0.39, 0.29) is 6.42 Å². The van der Waals surface area contributed by atoms with Crippen LogP contribution in [-0.2, 0) is 4.79 Å². The monoisotopic (exact) mass is 199 g/mol. The van der Waals surface area contributed by atoms with Gasteiger partial charge in [-0.25, -0.2) is 0 Å². The second-order valence-electron chi connectivity index (χ2n) is 4.57. The van der Waals surface area contributed by atoms with Gasteiger partial charge in [-0.15, -0.1) is 0 Å². The molecule has 0 saturated heterocycles. The Balaban J connectivity index is 2.08. The second kappa shape index (κ2) is 4.78. The molecule has 0 radical (unpaired) electrons. The maximum absolute atomic E-state index is 10.3. The van der Waals surface area contributed by atoms with Crippen LogP contribution in [0.1, 0.15) is 46.0 Å². The quantitative estimate of drug-likeness (QED) is 0.659. The molecule has 1 aliphatic rings. The number of rotatable bonds is 7. The molecule has 0 aromatic heterocycles. The van der Waals surface area contributed by atoms with Gasteiger partial charge in [-0.3, -0.25) is 4.79 Å². The van der Waals surface area contributed by atoms with Crippen LogP contribution in [0.3, 0.4) is 0 Å². The van der Waals surface area contributed by atoms with E-state index in [9.17, 15) is 4.79 Å². The normalized spacial score (nSPS) is 20.4. The molecule has 1 saturated carbocycles. The van der Waals surface area contributed by atoms with Gasteiger partial charge in [0.2, 0.25) is 0 Å². The van der Waals surface area contributed by atoms with Crippen molar-refractivity contribution in [3.8, 4) is 0 Å². The molecular weight excluding hydrogens is 178 g/mol. The van der Waals surface area contributed by atoms with E-state index in [4.69, 9.17) is 5.11 Å². The molecule has 0 aromatic carbocycles. The lowest BCUT2D eigenvalue weighted by atomic mass is 10.0. The molecule has 1 atom stereocenters. The Labute approximate surface area is 85.9 Å². The van der Waals surface area contributed by atoms with Crippen LogP contribution in [0.2, 0.25) is 0 Å². The predicted molar refractivity (Wildman–Crippen MR) is 56.3 cm³/mol. The fraction of sp³-hybridized carbons (Fsp3) is 0.909. The van der Waals surface area contributed by atoms with E-state index in [0.717, 1.165) is 13.0 Å². The molecule has 0 heterocycles. The van der Waals surface area contributed by atoms with Gasteiger partial charge in [0.1, 0.15) is 0 Å². The molecule has 1 rings (SSSR count). The van der Waals surface area contributed by atoms with Gasteiger partial charge in [0, 0.05) is 19.0 Å². The molecule has 1 fully saturated rings. The van der Waals surface area contributed by atoms with E-state index < -0.39 is 5.97 Å². The molecular formula is C11H21NO2. The molecule has 82 valence electrons. The third-order valence-corrected chi connectivity index (χ3v) is 3.32. The first-order valence-electron chi connectivity index (χ1n) is 5.53. The van der Waals surface area contributed by atoms with Crippen molar-refractivity contribution in [2.24, 2.45) is 5.41 Å². The van der Waals surface area contributed by atoms with Crippen LogP contribution in [0.4, 0.5) is 0 Å². The molecule has 1 aliphatic carbocycles. The first-order valence-corrected chi connectivity index (χ1v) is 5.53. The van der Waals surface area contributed by atoms with Gasteiger partial charge < -0.3 is 10.4 Å². The van der Waals surface area contributed by atoms with Gasteiger partial charge in [-0.1, -0.05) is 6.92 Å². The maximum atomic E-state index is 10.3. The highest BCUT2D eigenvalue weighted by Gasteiger charge is 2.40. The third-order valence-electron chi connectivity index (χ3n) is 3.32. The van der Waals surface area contributed by atoms with Crippen molar-refractivity contribution in [2.45, 2.75) is 52.0 Å². The highest BCUT2D eigenvalue weighted by molar-refractivity contribution is 5.66. The van der Waals surface area contributed by atoms with E-state index in [0.29, 0.717) is 11.5 Å². The van der Waals surface area contributed by atoms with Crippen LogP contribution < -0.4 is 5.32 Å². The molecule has 3 nitrogen and oxygen atoms in total. The summed E-state index contributed by atoms with van der Waals surface area (Å²) in [4.78, 5) is 10.3. The SMILES string of the molecule is CCC1(CNC(C)CCC(=O)O)CC1. The maximum Gasteiger partial charge on any atom is 0.303 e. The zero-order valence-corrected chi connectivity index (χ0v) is 9.18. The van der Waals surface area contributed by atoms with Crippen molar-refractivity contribution in [2.75, 3.05) is 6.54 Å². The van der Waals surface area contributed by atoms with Gasteiger partial charge in [0.25, 0.3) is 0 Å². The van der Waals surface area contributed by atoms with Crippen LogP contribution >= 0.6 is 0 Å². The van der Waals surface area contributed by atoms with E-state index in [1.54, 1.807) is 0 Å². The first-order chi connectivity index (χ1) is 6.58. The van der Waals surface area contributed by atoms with E-state index in [2.05, 4.69) is 19.2 Å². The van der Waals surface area contributed by atoms with Gasteiger partial charge in [0.05, 0.1) is 0 Å². The standard InChI is InChI=1S/C11H21NO2/c1-3-11(6-7-11)8-12-9(2)4-5-10(13)14/h9,12H,3-8H2,1-2H3,(H,13,14). The highest BCUT2D eigenvalue weighted by atomic mass is 16.4. The van der Waals surface area contributed by atoms with Gasteiger partial charge in [-0.2, -0.15) is 0 Å².